The number of aromatic nitrogens is 2. The fraction of sp³-hybridized carbons (Fsp3) is 0.362. The highest BCUT2D eigenvalue weighted by Crippen LogP contribution is 2.33. The Hall–Kier alpha value is -8.61. The summed E-state index contributed by atoms with van der Waals surface area (Å²) in [7, 11) is 0. The maximum atomic E-state index is 14.2. The van der Waals surface area contributed by atoms with Gasteiger partial charge in [-0.3, -0.25) is 38.4 Å². The van der Waals surface area contributed by atoms with Crippen molar-refractivity contribution in [2.75, 3.05) is 11.1 Å². The number of nitrogens with one attached hydrogen (secondary N) is 4. The van der Waals surface area contributed by atoms with Gasteiger partial charge in [-0.05, 0) is 73.6 Å². The summed E-state index contributed by atoms with van der Waals surface area (Å²) in [6, 6.07) is 9.21. The van der Waals surface area contributed by atoms with Crippen molar-refractivity contribution < 1.29 is 82.7 Å². The van der Waals surface area contributed by atoms with Crippen molar-refractivity contribution in [3.63, 3.8) is 0 Å². The number of nitrogens with two attached hydrogens (primary N) is 2. The number of fused-ring (bicyclic) bond motifs is 1. The Bertz CT molecular complexity index is 2740. The smallest absolute Gasteiger partial charge is 0.326 e. The first-order valence-corrected chi connectivity index (χ1v) is 22.2. The number of carboxylic acid groups (broad SMARTS) is 5. The molecule has 1 heterocycles. The molecule has 0 bridgehead atoms. The van der Waals surface area contributed by atoms with E-state index in [0.717, 1.165) is 10.2 Å². The molecule has 0 saturated heterocycles. The van der Waals surface area contributed by atoms with Crippen LogP contribution in [0.25, 0.3) is 22.0 Å². The fourth-order valence-corrected chi connectivity index (χ4v) is 7.37. The van der Waals surface area contributed by atoms with Crippen LogP contribution in [0.15, 0.2) is 60.7 Å². The van der Waals surface area contributed by atoms with Crippen LogP contribution < -0.4 is 32.7 Å². The van der Waals surface area contributed by atoms with E-state index in [1.807, 2.05) is 0 Å². The summed E-state index contributed by atoms with van der Waals surface area (Å²) in [5.74, 6) is -14.4. The lowest BCUT2D eigenvalue weighted by Crippen LogP contribution is -2.50. The van der Waals surface area contributed by atoms with Gasteiger partial charge in [0.05, 0.1) is 35.7 Å². The summed E-state index contributed by atoms with van der Waals surface area (Å²) >= 11 is 0. The molecule has 0 radical (unpaired) electrons. The van der Waals surface area contributed by atoms with Crippen LogP contribution in [0, 0.1) is 18.7 Å². The number of nitrogens with zero attached hydrogens (tertiary/aromatic N) is 2. The number of hydrogen-bond acceptors (Lipinski definition) is 14. The van der Waals surface area contributed by atoms with Crippen LogP contribution in [0.2, 0.25) is 0 Å². The minimum atomic E-state index is -1.75. The molecule has 0 fully saturated rings. The third-order valence-electron chi connectivity index (χ3n) is 11.2. The van der Waals surface area contributed by atoms with E-state index < -0.39 is 159 Å². The highest BCUT2D eigenvalue weighted by atomic mass is 19.1. The van der Waals surface area contributed by atoms with Gasteiger partial charge in [0.15, 0.2) is 5.82 Å². The van der Waals surface area contributed by atoms with Gasteiger partial charge in [-0.25, -0.2) is 18.8 Å². The number of anilines is 2. The maximum absolute atomic E-state index is 14.2. The molecule has 3 aromatic carbocycles. The molecule has 13 N–H and O–H groups in total. The lowest BCUT2D eigenvalue weighted by atomic mass is 9.94. The van der Waals surface area contributed by atoms with E-state index in [9.17, 15) is 77.6 Å². The predicted molar refractivity (Wildman–Crippen MR) is 250 cm³/mol. The summed E-state index contributed by atoms with van der Waals surface area (Å²) in [5.41, 5.74) is 15.2. The minimum Gasteiger partial charge on any atom is -0.481 e. The first kappa shape index (κ1) is 56.0. The molecule has 25 heteroatoms. The largest absolute Gasteiger partial charge is 0.481 e. The Morgan fingerprint density at radius 3 is 1.79 bits per heavy atom. The number of carbonyl (C=O) groups is 11. The quantitative estimate of drug-likeness (QED) is 0.0387. The number of aryl methyl sites for hydroxylation is 1. The number of nitrogen functional groups attached to an aromatic ring is 1. The van der Waals surface area contributed by atoms with Gasteiger partial charge in [-0.2, -0.15) is 4.68 Å². The van der Waals surface area contributed by atoms with E-state index in [2.05, 4.69) is 26.4 Å². The number of carbonyl (C=O) groups excluding carboxylic acids is 6. The number of rotatable bonds is 28. The average Bonchev–Trinajstić information content (AvgIpc) is 3.66. The third-order valence-corrected chi connectivity index (χ3v) is 11.2. The number of ketones is 1. The summed E-state index contributed by atoms with van der Waals surface area (Å²) in [6.45, 7) is 1.78. The zero-order chi connectivity index (χ0) is 53.4. The second-order valence-corrected chi connectivity index (χ2v) is 16.7. The molecule has 4 aromatic rings. The van der Waals surface area contributed by atoms with Crippen LogP contribution in [0.5, 0.6) is 0 Å². The lowest BCUT2D eigenvalue weighted by Gasteiger charge is -2.19. The molecular weight excluding hydrogens is 952 g/mol. The minimum absolute atomic E-state index is 0.0569. The second-order valence-electron chi connectivity index (χ2n) is 16.7. The molecular formula is C47H53FN8O16. The molecule has 0 saturated carbocycles. The number of carboxylic acids is 5. The Morgan fingerprint density at radius 1 is 0.667 bits per heavy atom. The molecule has 4 rings (SSSR count). The lowest BCUT2D eigenvalue weighted by molar-refractivity contribution is -0.145. The van der Waals surface area contributed by atoms with Gasteiger partial charge in [0.1, 0.15) is 29.7 Å². The summed E-state index contributed by atoms with van der Waals surface area (Å²) in [6.07, 6.45) is -5.74. The Morgan fingerprint density at radius 2 is 1.24 bits per heavy atom. The van der Waals surface area contributed by atoms with E-state index >= 15 is 0 Å². The number of benzene rings is 3. The molecule has 0 aliphatic rings. The molecule has 72 heavy (non-hydrogen) atoms. The van der Waals surface area contributed by atoms with Crippen LogP contribution in [-0.4, -0.2) is 125 Å². The van der Waals surface area contributed by atoms with Gasteiger partial charge in [0, 0.05) is 37.8 Å². The topological polar surface area (TPSA) is 407 Å². The van der Waals surface area contributed by atoms with Crippen LogP contribution in [0.4, 0.5) is 15.9 Å². The molecule has 384 valence electrons. The molecule has 0 unspecified atom stereocenters. The van der Waals surface area contributed by atoms with Crippen molar-refractivity contribution in [3.05, 3.63) is 77.6 Å². The highest BCUT2D eigenvalue weighted by Gasteiger charge is 2.30. The number of hydrogen-bond donors (Lipinski definition) is 11. The van der Waals surface area contributed by atoms with Crippen LogP contribution in [0.3, 0.4) is 0 Å². The van der Waals surface area contributed by atoms with E-state index in [1.165, 1.54) is 6.07 Å². The van der Waals surface area contributed by atoms with Crippen LogP contribution >= 0.6 is 0 Å². The Labute approximate surface area is 408 Å². The number of Topliss-reactive ketones (excluding diaryl/α,β-unsaturated/α-hetero) is 1. The van der Waals surface area contributed by atoms with Crippen LogP contribution in [0.1, 0.15) is 80.1 Å². The van der Waals surface area contributed by atoms with Crippen molar-refractivity contribution in [1.82, 2.24) is 25.7 Å². The number of amides is 4. The Kier molecular flexibility index (Phi) is 20.1. The van der Waals surface area contributed by atoms with Crippen molar-refractivity contribution in [3.8, 4) is 11.1 Å². The SMILES string of the molecule is Cc1ccc(F)c(CC(=O)Nc2ccc(-c3cccc4c3c(N)nn4C(=O)C[C@H](N)C(=O)N[C@@H](CCC(=O)N[C@@H](CCC(=O)N[C@@H](CCC(=O)C[C@@H](CCC(=O)O)C(=O)O)C(=O)O)C(=O)O)C(=O)O)cc2)c1. The van der Waals surface area contributed by atoms with E-state index in [4.69, 9.17) is 16.6 Å². The van der Waals surface area contributed by atoms with Gasteiger partial charge < -0.3 is 58.3 Å². The summed E-state index contributed by atoms with van der Waals surface area (Å²) in [5, 5.41) is 60.6. The molecule has 5 atom stereocenters. The van der Waals surface area contributed by atoms with Crippen molar-refractivity contribution in [2.45, 2.75) is 102 Å². The fourth-order valence-electron chi connectivity index (χ4n) is 7.37. The van der Waals surface area contributed by atoms with Gasteiger partial charge in [-0.1, -0.05) is 42.0 Å². The molecule has 4 amide bonds. The van der Waals surface area contributed by atoms with Crippen LogP contribution in [-0.2, 0) is 54.4 Å². The zero-order valence-corrected chi connectivity index (χ0v) is 38.6. The first-order chi connectivity index (χ1) is 33.9. The molecule has 0 spiro atoms. The van der Waals surface area contributed by atoms with Gasteiger partial charge in [0.25, 0.3) is 0 Å². The molecule has 24 nitrogen and oxygen atoms in total. The van der Waals surface area contributed by atoms with Crippen molar-refractivity contribution >= 4 is 87.6 Å². The highest BCUT2D eigenvalue weighted by molar-refractivity contribution is 6.06. The normalized spacial score (nSPS) is 13.1. The van der Waals surface area contributed by atoms with E-state index in [0.29, 0.717) is 22.2 Å². The standard InChI is InChI=1S/C47H53FN8O16/c1-23-5-12-30(48)26(19-23)21-38(60)51-27-9-6-24(7-10-27)29-3-2-4-35-41(29)42(50)55-56(35)39(61)22-31(49)43(64)54-34(47(71)72)15-17-37(59)53-33(46(69)70)14-16-36(58)52-32(45(67)68)13-11-28(57)20-25(44(65)66)8-18-40(62)63/h2-7,9-10,12,19,25,31-34H,8,11,13-18,20-22,49H2,1H3,(H2,50,55)(H,51,60)(H,52,58)(H,53,59)(H,54,64)(H,62,63)(H,65,66)(H,67,68)(H,69,70)(H,71,72)/t25-,31+,32+,33+,34+/m1/s1. The van der Waals surface area contributed by atoms with E-state index in [1.54, 1.807) is 61.5 Å². The van der Waals surface area contributed by atoms with Crippen molar-refractivity contribution in [1.29, 1.82) is 0 Å². The number of aliphatic carboxylic acids is 5. The van der Waals surface area contributed by atoms with E-state index in [-0.39, 0.29) is 29.7 Å². The Balaban J connectivity index is 1.28. The molecule has 0 aliphatic carbocycles. The summed E-state index contributed by atoms with van der Waals surface area (Å²) in [4.78, 5) is 135. The van der Waals surface area contributed by atoms with Gasteiger partial charge >= 0.3 is 29.8 Å². The molecule has 0 aliphatic heterocycles. The number of halogens is 1. The van der Waals surface area contributed by atoms with Gasteiger partial charge in [0.2, 0.25) is 29.5 Å². The monoisotopic (exact) mass is 1000 g/mol. The molecule has 1 aromatic heterocycles. The van der Waals surface area contributed by atoms with Gasteiger partial charge in [-0.15, -0.1) is 5.10 Å². The second kappa shape index (κ2) is 25.8. The zero-order valence-electron chi connectivity index (χ0n) is 38.6. The maximum Gasteiger partial charge on any atom is 0.326 e. The first-order valence-electron chi connectivity index (χ1n) is 22.2. The third kappa shape index (κ3) is 16.5. The summed E-state index contributed by atoms with van der Waals surface area (Å²) < 4.78 is 15.1. The average molecular weight is 1000 g/mol. The predicted octanol–water partition coefficient (Wildman–Crippen LogP) is 1.85. The van der Waals surface area contributed by atoms with Crippen molar-refractivity contribution in [2.24, 2.45) is 11.7 Å².